The van der Waals surface area contributed by atoms with Gasteiger partial charge in [0.25, 0.3) is 11.5 Å². The third-order valence-electron chi connectivity index (χ3n) is 5.18. The normalized spacial score (nSPS) is 15.6. The summed E-state index contributed by atoms with van der Waals surface area (Å²) in [5.74, 6) is 0.153. The van der Waals surface area contributed by atoms with E-state index in [1.165, 1.54) is 24.4 Å². The predicted molar refractivity (Wildman–Crippen MR) is 103 cm³/mol. The lowest BCUT2D eigenvalue weighted by Crippen LogP contribution is -2.30. The first-order chi connectivity index (χ1) is 13.1. The van der Waals surface area contributed by atoms with Gasteiger partial charge in [-0.15, -0.1) is 0 Å². The molecule has 0 saturated carbocycles. The number of carbonyl (C=O) groups excluding carboxylic acids is 1. The molecule has 0 radical (unpaired) electrons. The van der Waals surface area contributed by atoms with Crippen molar-refractivity contribution in [3.05, 3.63) is 69.8 Å². The van der Waals surface area contributed by atoms with E-state index in [1.807, 2.05) is 19.1 Å². The molecule has 2 heterocycles. The topological polar surface area (TPSA) is 73.2 Å². The number of methoxy groups -OCH3 is 1. The van der Waals surface area contributed by atoms with Gasteiger partial charge in [0.1, 0.15) is 0 Å². The Balaban J connectivity index is 1.76. The molecule has 0 spiro atoms. The average molecular weight is 363 g/mol. The first-order valence-corrected chi connectivity index (χ1v) is 9.08. The van der Waals surface area contributed by atoms with Crippen LogP contribution in [0.15, 0.2) is 47.5 Å². The number of nitrogens with one attached hydrogen (secondary N) is 1. The minimum Gasteiger partial charge on any atom is -0.481 e. The van der Waals surface area contributed by atoms with Crippen LogP contribution >= 0.6 is 0 Å². The maximum Gasteiger partial charge on any atom is 0.258 e. The van der Waals surface area contributed by atoms with Crippen molar-refractivity contribution in [2.24, 2.45) is 0 Å². The molecule has 27 heavy (non-hydrogen) atoms. The van der Waals surface area contributed by atoms with Gasteiger partial charge < -0.3 is 14.6 Å². The lowest BCUT2D eigenvalue weighted by atomic mass is 10.1. The van der Waals surface area contributed by atoms with Crippen molar-refractivity contribution < 1.29 is 9.53 Å². The third-order valence-corrected chi connectivity index (χ3v) is 5.18. The molecule has 1 aliphatic rings. The van der Waals surface area contributed by atoms with Crippen LogP contribution in [0.25, 0.3) is 10.8 Å². The molecule has 138 valence electrons. The summed E-state index contributed by atoms with van der Waals surface area (Å²) < 4.78 is 6.68. The molecule has 1 aliphatic carbocycles. The summed E-state index contributed by atoms with van der Waals surface area (Å²) >= 11 is 0. The molecule has 1 amide bonds. The van der Waals surface area contributed by atoms with Gasteiger partial charge in [-0.25, -0.2) is 4.98 Å². The Morgan fingerprint density at radius 2 is 2.15 bits per heavy atom. The fourth-order valence-corrected chi connectivity index (χ4v) is 3.74. The highest BCUT2D eigenvalue weighted by Crippen LogP contribution is 2.31. The lowest BCUT2D eigenvalue weighted by Gasteiger charge is -2.16. The second kappa shape index (κ2) is 6.87. The van der Waals surface area contributed by atoms with Crippen molar-refractivity contribution in [1.82, 2.24) is 14.9 Å². The predicted octanol–water partition coefficient (Wildman–Crippen LogP) is 2.84. The van der Waals surface area contributed by atoms with Crippen molar-refractivity contribution in [1.29, 1.82) is 0 Å². The Labute approximate surface area is 156 Å². The maximum absolute atomic E-state index is 13.1. The Hall–Kier alpha value is -3.15. The highest BCUT2D eigenvalue weighted by atomic mass is 16.5. The molecule has 0 aliphatic heterocycles. The molecule has 1 aromatic carbocycles. The summed E-state index contributed by atoms with van der Waals surface area (Å²) in [6.07, 6.45) is 4.99. The Bertz CT molecular complexity index is 1090. The second-order valence-electron chi connectivity index (χ2n) is 6.67. The number of nitrogens with zero attached hydrogens (tertiary/aromatic N) is 2. The molecule has 0 bridgehead atoms. The quantitative estimate of drug-likeness (QED) is 0.774. The van der Waals surface area contributed by atoms with Gasteiger partial charge in [-0.1, -0.05) is 24.3 Å². The van der Waals surface area contributed by atoms with E-state index in [0.717, 1.165) is 12.8 Å². The van der Waals surface area contributed by atoms with Crippen molar-refractivity contribution >= 4 is 16.7 Å². The molecule has 6 nitrogen and oxygen atoms in total. The number of ether oxygens (including phenoxy) is 1. The van der Waals surface area contributed by atoms with Crippen LogP contribution < -0.4 is 15.6 Å². The van der Waals surface area contributed by atoms with Crippen LogP contribution in [-0.2, 0) is 13.0 Å². The van der Waals surface area contributed by atoms with E-state index in [2.05, 4.69) is 22.4 Å². The average Bonchev–Trinajstić information content (AvgIpc) is 3.11. The number of pyridine rings is 2. The van der Waals surface area contributed by atoms with Crippen LogP contribution in [0.5, 0.6) is 5.88 Å². The van der Waals surface area contributed by atoms with E-state index in [1.54, 1.807) is 16.8 Å². The Kier molecular flexibility index (Phi) is 4.39. The molecule has 1 atom stereocenters. The molecule has 2 aromatic heterocycles. The summed E-state index contributed by atoms with van der Waals surface area (Å²) in [5, 5.41) is 4.10. The number of aryl methyl sites for hydroxylation is 2. The molecule has 6 heteroatoms. The van der Waals surface area contributed by atoms with Crippen LogP contribution in [0.2, 0.25) is 0 Å². The van der Waals surface area contributed by atoms with E-state index in [4.69, 9.17) is 4.74 Å². The summed E-state index contributed by atoms with van der Waals surface area (Å²) in [5.41, 5.74) is 2.73. The number of rotatable bonds is 4. The summed E-state index contributed by atoms with van der Waals surface area (Å²) in [7, 11) is 1.50. The maximum atomic E-state index is 13.1. The number of carbonyl (C=O) groups is 1. The smallest absolute Gasteiger partial charge is 0.258 e. The first kappa shape index (κ1) is 17.3. The van der Waals surface area contributed by atoms with Gasteiger partial charge in [0.2, 0.25) is 5.88 Å². The summed E-state index contributed by atoms with van der Waals surface area (Å²) in [6.45, 7) is 2.35. The molecule has 4 rings (SSSR count). The lowest BCUT2D eigenvalue weighted by molar-refractivity contribution is 0.0937. The molecule has 1 N–H and O–H groups in total. The van der Waals surface area contributed by atoms with Crippen molar-refractivity contribution in [2.75, 3.05) is 7.11 Å². The second-order valence-corrected chi connectivity index (χ2v) is 6.67. The van der Waals surface area contributed by atoms with Crippen LogP contribution in [0.3, 0.4) is 0 Å². The van der Waals surface area contributed by atoms with E-state index >= 15 is 0 Å². The SMILES string of the molecule is CCn1cc(C(=O)NC2CCc3ccccc32)c2cnc(OC)cc2c1=O. The fraction of sp³-hybridized carbons (Fsp3) is 0.286. The van der Waals surface area contributed by atoms with Gasteiger partial charge in [0.15, 0.2) is 0 Å². The number of aromatic nitrogens is 2. The number of amides is 1. The minimum absolute atomic E-state index is 0.0167. The molecular weight excluding hydrogens is 342 g/mol. The Morgan fingerprint density at radius 3 is 2.93 bits per heavy atom. The van der Waals surface area contributed by atoms with Crippen LogP contribution in [-0.4, -0.2) is 22.6 Å². The van der Waals surface area contributed by atoms with Gasteiger partial charge in [-0.05, 0) is 30.9 Å². The molecular formula is C21H21N3O3. The number of fused-ring (bicyclic) bond motifs is 2. The van der Waals surface area contributed by atoms with Gasteiger partial charge in [0.05, 0.1) is 24.1 Å². The molecule has 3 aromatic rings. The van der Waals surface area contributed by atoms with Crippen LogP contribution in [0.1, 0.15) is 40.9 Å². The zero-order valence-electron chi connectivity index (χ0n) is 15.4. The highest BCUT2D eigenvalue weighted by molar-refractivity contribution is 6.06. The molecule has 1 unspecified atom stereocenters. The van der Waals surface area contributed by atoms with E-state index in [9.17, 15) is 9.59 Å². The number of benzene rings is 1. The van der Waals surface area contributed by atoms with Crippen LogP contribution in [0.4, 0.5) is 0 Å². The van der Waals surface area contributed by atoms with E-state index in [0.29, 0.717) is 28.8 Å². The molecule has 0 saturated heterocycles. The van der Waals surface area contributed by atoms with Gasteiger partial charge >= 0.3 is 0 Å². The summed E-state index contributed by atoms with van der Waals surface area (Å²) in [6, 6.07) is 9.75. The minimum atomic E-state index is -0.198. The monoisotopic (exact) mass is 363 g/mol. The Morgan fingerprint density at radius 1 is 1.33 bits per heavy atom. The number of hydrogen-bond acceptors (Lipinski definition) is 4. The third kappa shape index (κ3) is 2.97. The molecule has 0 fully saturated rings. The van der Waals surface area contributed by atoms with Gasteiger partial charge in [-0.3, -0.25) is 9.59 Å². The van der Waals surface area contributed by atoms with Gasteiger partial charge in [-0.2, -0.15) is 0 Å². The zero-order chi connectivity index (χ0) is 19.0. The van der Waals surface area contributed by atoms with Crippen molar-refractivity contribution in [2.45, 2.75) is 32.4 Å². The van der Waals surface area contributed by atoms with Crippen LogP contribution in [0, 0.1) is 0 Å². The summed E-state index contributed by atoms with van der Waals surface area (Å²) in [4.78, 5) is 29.9. The van der Waals surface area contributed by atoms with Crippen molar-refractivity contribution in [3.8, 4) is 5.88 Å². The largest absolute Gasteiger partial charge is 0.481 e. The first-order valence-electron chi connectivity index (χ1n) is 9.08. The zero-order valence-corrected chi connectivity index (χ0v) is 15.4. The number of hydrogen-bond donors (Lipinski definition) is 1. The standard InChI is InChI=1S/C21H21N3O3/c1-3-24-12-17(16-11-22-19(27-2)10-15(16)21(24)26)20(25)23-18-9-8-13-6-4-5-7-14(13)18/h4-7,10-12,18H,3,8-9H2,1-2H3,(H,23,25). The van der Waals surface area contributed by atoms with Gasteiger partial charge in [0, 0.05) is 30.4 Å². The van der Waals surface area contributed by atoms with E-state index < -0.39 is 0 Å². The van der Waals surface area contributed by atoms with E-state index in [-0.39, 0.29) is 17.5 Å². The highest BCUT2D eigenvalue weighted by Gasteiger charge is 2.25. The van der Waals surface area contributed by atoms with Crippen molar-refractivity contribution in [3.63, 3.8) is 0 Å². The fourth-order valence-electron chi connectivity index (χ4n) is 3.74.